The van der Waals surface area contributed by atoms with E-state index in [4.69, 9.17) is 16.2 Å². The van der Waals surface area contributed by atoms with Gasteiger partial charge in [-0.15, -0.1) is 0 Å². The van der Waals surface area contributed by atoms with Crippen LogP contribution in [0, 0.1) is 6.92 Å². The molecule has 0 heterocycles. The van der Waals surface area contributed by atoms with E-state index >= 15 is 0 Å². The molecule has 27 heavy (non-hydrogen) atoms. The lowest BCUT2D eigenvalue weighted by atomic mass is 10.0. The number of nitrogens with zero attached hydrogens (tertiary/aromatic N) is 1. The van der Waals surface area contributed by atoms with Crippen molar-refractivity contribution >= 4 is 23.6 Å². The van der Waals surface area contributed by atoms with Crippen molar-refractivity contribution in [2.75, 3.05) is 12.0 Å². The Morgan fingerprint density at radius 3 is 2.26 bits per heavy atom. The number of phenols is 1. The predicted molar refractivity (Wildman–Crippen MR) is 99.4 cm³/mol. The lowest BCUT2D eigenvalue weighted by Gasteiger charge is -2.30. The van der Waals surface area contributed by atoms with Crippen molar-refractivity contribution < 1.29 is 24.2 Å². The van der Waals surface area contributed by atoms with Gasteiger partial charge in [0.05, 0.1) is 18.4 Å². The van der Waals surface area contributed by atoms with Crippen molar-refractivity contribution in [2.24, 2.45) is 11.5 Å². The lowest BCUT2D eigenvalue weighted by molar-refractivity contribution is -0.119. The highest BCUT2D eigenvalue weighted by Gasteiger charge is 2.32. The highest BCUT2D eigenvalue weighted by molar-refractivity contribution is 6.06. The van der Waals surface area contributed by atoms with E-state index in [2.05, 4.69) is 0 Å². The summed E-state index contributed by atoms with van der Waals surface area (Å²) in [5.74, 6) is -1.39. The average molecular weight is 371 g/mol. The number of esters is 1. The van der Waals surface area contributed by atoms with Crippen LogP contribution < -0.4 is 16.4 Å². The van der Waals surface area contributed by atoms with Gasteiger partial charge in [-0.1, -0.05) is 24.3 Å². The molecule has 0 unspecified atom stereocenters. The Kier molecular flexibility index (Phi) is 6.02. The summed E-state index contributed by atoms with van der Waals surface area (Å²) in [6.07, 6.45) is 0.0487. The van der Waals surface area contributed by atoms with E-state index in [1.54, 1.807) is 31.2 Å². The molecule has 1 atom stereocenters. The molecule has 0 bridgehead atoms. The number of amides is 3. The monoisotopic (exact) mass is 371 g/mol. The molecule has 0 spiro atoms. The lowest BCUT2D eigenvalue weighted by Crippen LogP contribution is -2.52. The van der Waals surface area contributed by atoms with E-state index in [1.165, 1.54) is 25.3 Å². The number of benzene rings is 2. The van der Waals surface area contributed by atoms with E-state index in [-0.39, 0.29) is 23.4 Å². The molecule has 3 amide bonds. The third kappa shape index (κ3) is 4.35. The molecule has 2 rings (SSSR count). The normalized spacial score (nSPS) is 11.5. The molecular formula is C19H21N3O5. The van der Waals surface area contributed by atoms with E-state index in [0.717, 1.165) is 4.90 Å². The summed E-state index contributed by atoms with van der Waals surface area (Å²) in [6.45, 7) is 1.67. The zero-order valence-electron chi connectivity index (χ0n) is 15.0. The summed E-state index contributed by atoms with van der Waals surface area (Å²) < 4.78 is 4.80. The summed E-state index contributed by atoms with van der Waals surface area (Å²) in [5, 5.41) is 9.40. The number of rotatable bonds is 6. The highest BCUT2D eigenvalue weighted by Crippen LogP contribution is 2.27. The standard InChI is InChI=1S/C19H21N3O5/c1-11-4-3-5-14(16(11)18(25)27-2)22(19(21)26)15(17(20)24)10-12-6-8-13(23)9-7-12/h3-9,15,23H,10H2,1-2H3,(H2,20,24)(H2,21,26)/t15-/m0/s1. The Morgan fingerprint density at radius 1 is 1.11 bits per heavy atom. The predicted octanol–water partition coefficient (Wildman–Crippen LogP) is 1.47. The molecule has 0 saturated heterocycles. The van der Waals surface area contributed by atoms with Crippen molar-refractivity contribution in [2.45, 2.75) is 19.4 Å². The Hall–Kier alpha value is -3.55. The van der Waals surface area contributed by atoms with Gasteiger partial charge in [-0.2, -0.15) is 0 Å². The molecule has 0 aliphatic rings. The minimum atomic E-state index is -1.14. The summed E-state index contributed by atoms with van der Waals surface area (Å²) in [7, 11) is 1.22. The minimum absolute atomic E-state index is 0.0487. The Labute approximate surface area is 156 Å². The molecular weight excluding hydrogens is 350 g/mol. The number of aromatic hydroxyl groups is 1. The van der Waals surface area contributed by atoms with E-state index in [0.29, 0.717) is 11.1 Å². The minimum Gasteiger partial charge on any atom is -0.508 e. The number of urea groups is 1. The summed E-state index contributed by atoms with van der Waals surface area (Å²) >= 11 is 0. The van der Waals surface area contributed by atoms with Crippen LogP contribution in [0.4, 0.5) is 10.5 Å². The summed E-state index contributed by atoms with van der Waals surface area (Å²) in [6, 6.07) is 8.83. The highest BCUT2D eigenvalue weighted by atomic mass is 16.5. The second kappa shape index (κ2) is 8.22. The van der Waals surface area contributed by atoms with Crippen LogP contribution in [0.25, 0.3) is 0 Å². The number of aryl methyl sites for hydroxylation is 1. The average Bonchev–Trinajstić information content (AvgIpc) is 2.62. The fourth-order valence-electron chi connectivity index (χ4n) is 2.84. The second-order valence-corrected chi connectivity index (χ2v) is 5.96. The van der Waals surface area contributed by atoms with Crippen LogP contribution in [-0.4, -0.2) is 36.2 Å². The third-order valence-corrected chi connectivity index (χ3v) is 4.14. The number of phenolic OH excluding ortho intramolecular Hbond substituents is 1. The number of hydrogen-bond donors (Lipinski definition) is 3. The fraction of sp³-hybridized carbons (Fsp3) is 0.211. The molecule has 142 valence electrons. The molecule has 8 nitrogen and oxygen atoms in total. The maximum Gasteiger partial charge on any atom is 0.340 e. The first kappa shape index (κ1) is 19.8. The number of methoxy groups -OCH3 is 1. The van der Waals surface area contributed by atoms with Gasteiger partial charge in [0.2, 0.25) is 5.91 Å². The number of ether oxygens (including phenoxy) is 1. The number of primary amides is 2. The van der Waals surface area contributed by atoms with Crippen LogP contribution in [0.5, 0.6) is 5.75 Å². The number of carbonyl (C=O) groups is 3. The van der Waals surface area contributed by atoms with Crippen molar-refractivity contribution in [1.82, 2.24) is 0 Å². The van der Waals surface area contributed by atoms with Gasteiger partial charge in [0, 0.05) is 6.42 Å². The van der Waals surface area contributed by atoms with Crippen LogP contribution in [-0.2, 0) is 16.0 Å². The first-order valence-electron chi connectivity index (χ1n) is 8.10. The van der Waals surface area contributed by atoms with Gasteiger partial charge in [-0.3, -0.25) is 9.69 Å². The molecule has 0 radical (unpaired) electrons. The Bertz CT molecular complexity index is 864. The van der Waals surface area contributed by atoms with Gasteiger partial charge in [0.15, 0.2) is 0 Å². The molecule has 0 aromatic heterocycles. The van der Waals surface area contributed by atoms with Crippen LogP contribution in [0.2, 0.25) is 0 Å². The quantitative estimate of drug-likeness (QED) is 0.661. The molecule has 2 aromatic rings. The smallest absolute Gasteiger partial charge is 0.340 e. The molecule has 5 N–H and O–H groups in total. The van der Waals surface area contributed by atoms with E-state index in [9.17, 15) is 19.5 Å². The van der Waals surface area contributed by atoms with Gasteiger partial charge in [-0.25, -0.2) is 9.59 Å². The zero-order valence-corrected chi connectivity index (χ0v) is 15.0. The topological polar surface area (TPSA) is 136 Å². The van der Waals surface area contributed by atoms with Crippen LogP contribution in [0.1, 0.15) is 21.5 Å². The molecule has 2 aromatic carbocycles. The zero-order chi connectivity index (χ0) is 20.1. The Morgan fingerprint density at radius 2 is 1.74 bits per heavy atom. The van der Waals surface area contributed by atoms with Gasteiger partial charge in [0.1, 0.15) is 11.8 Å². The molecule has 0 saturated carbocycles. The van der Waals surface area contributed by atoms with Crippen molar-refractivity contribution in [3.8, 4) is 5.75 Å². The number of hydrogen-bond acceptors (Lipinski definition) is 5. The fourth-order valence-corrected chi connectivity index (χ4v) is 2.84. The van der Waals surface area contributed by atoms with Crippen molar-refractivity contribution in [3.05, 3.63) is 59.2 Å². The van der Waals surface area contributed by atoms with Crippen molar-refractivity contribution in [1.29, 1.82) is 0 Å². The van der Waals surface area contributed by atoms with Crippen LogP contribution in [0.3, 0.4) is 0 Å². The first-order chi connectivity index (χ1) is 12.8. The number of nitrogens with two attached hydrogens (primary N) is 2. The SMILES string of the molecule is COC(=O)c1c(C)cccc1N(C(N)=O)[C@@H](Cc1ccc(O)cc1)C(N)=O. The molecule has 8 heteroatoms. The first-order valence-corrected chi connectivity index (χ1v) is 8.10. The molecule has 0 fully saturated rings. The van der Waals surface area contributed by atoms with Crippen molar-refractivity contribution in [3.63, 3.8) is 0 Å². The van der Waals surface area contributed by atoms with Crippen LogP contribution in [0.15, 0.2) is 42.5 Å². The van der Waals surface area contributed by atoms with Gasteiger partial charge >= 0.3 is 12.0 Å². The number of carbonyl (C=O) groups excluding carboxylic acids is 3. The largest absolute Gasteiger partial charge is 0.508 e. The number of anilines is 1. The Balaban J connectivity index is 2.55. The maximum absolute atomic E-state index is 12.2. The summed E-state index contributed by atoms with van der Waals surface area (Å²) in [5.41, 5.74) is 12.5. The van der Waals surface area contributed by atoms with Gasteiger partial charge in [0.25, 0.3) is 0 Å². The van der Waals surface area contributed by atoms with Crippen LogP contribution >= 0.6 is 0 Å². The summed E-state index contributed by atoms with van der Waals surface area (Å²) in [4.78, 5) is 37.6. The van der Waals surface area contributed by atoms with E-state index in [1.807, 2.05) is 0 Å². The van der Waals surface area contributed by atoms with Gasteiger partial charge in [-0.05, 0) is 36.2 Å². The van der Waals surface area contributed by atoms with Gasteiger partial charge < -0.3 is 21.3 Å². The molecule has 0 aliphatic carbocycles. The maximum atomic E-state index is 12.2. The third-order valence-electron chi connectivity index (χ3n) is 4.14. The second-order valence-electron chi connectivity index (χ2n) is 5.96. The molecule has 0 aliphatic heterocycles. The van der Waals surface area contributed by atoms with E-state index < -0.39 is 23.9 Å².